The number of nitrogens with one attached hydrogen (secondary N) is 1. The molecule has 0 fully saturated rings. The second kappa shape index (κ2) is 4.45. The Morgan fingerprint density at radius 3 is 2.77 bits per heavy atom. The van der Waals surface area contributed by atoms with Crippen LogP contribution in [0.2, 0.25) is 0 Å². The monoisotopic (exact) mass is 291 g/mol. The molecule has 0 aliphatic rings. The standard InChI is InChI=1S/C9H10INO2/c1-6-3-4-8(7(10)5-6)11-9(12)13-2/h3-5H,1-2H3,(H,11,12). The zero-order valence-corrected chi connectivity index (χ0v) is 9.58. The topological polar surface area (TPSA) is 38.3 Å². The van der Waals surface area contributed by atoms with Crippen LogP contribution in [-0.4, -0.2) is 13.2 Å². The summed E-state index contributed by atoms with van der Waals surface area (Å²) in [5.41, 5.74) is 1.94. The first-order valence-electron chi connectivity index (χ1n) is 3.74. The SMILES string of the molecule is COC(=O)Nc1ccc(C)cc1I. The van der Waals surface area contributed by atoms with E-state index in [0.29, 0.717) is 0 Å². The van der Waals surface area contributed by atoms with Crippen molar-refractivity contribution in [3.63, 3.8) is 0 Å². The molecule has 1 amide bonds. The van der Waals surface area contributed by atoms with Crippen LogP contribution in [0.15, 0.2) is 18.2 Å². The van der Waals surface area contributed by atoms with Crippen LogP contribution in [0, 0.1) is 10.5 Å². The minimum Gasteiger partial charge on any atom is -0.453 e. The first kappa shape index (κ1) is 10.3. The molecule has 0 aromatic heterocycles. The number of methoxy groups -OCH3 is 1. The largest absolute Gasteiger partial charge is 0.453 e. The van der Waals surface area contributed by atoms with Gasteiger partial charge in [0, 0.05) is 3.57 Å². The van der Waals surface area contributed by atoms with Crippen molar-refractivity contribution in [2.24, 2.45) is 0 Å². The Balaban J connectivity index is 2.83. The quantitative estimate of drug-likeness (QED) is 0.808. The summed E-state index contributed by atoms with van der Waals surface area (Å²) in [6.07, 6.45) is -0.443. The summed E-state index contributed by atoms with van der Waals surface area (Å²) in [4.78, 5) is 10.9. The molecule has 1 rings (SSSR count). The van der Waals surface area contributed by atoms with Crippen LogP contribution >= 0.6 is 22.6 Å². The van der Waals surface area contributed by atoms with Gasteiger partial charge in [0.15, 0.2) is 0 Å². The van der Waals surface area contributed by atoms with E-state index >= 15 is 0 Å². The number of hydrogen-bond donors (Lipinski definition) is 1. The van der Waals surface area contributed by atoms with Gasteiger partial charge >= 0.3 is 6.09 Å². The van der Waals surface area contributed by atoms with Crippen molar-refractivity contribution in [2.45, 2.75) is 6.92 Å². The molecule has 4 heteroatoms. The summed E-state index contributed by atoms with van der Waals surface area (Å²) in [6, 6.07) is 5.79. The van der Waals surface area contributed by atoms with Crippen LogP contribution in [0.5, 0.6) is 0 Å². The summed E-state index contributed by atoms with van der Waals surface area (Å²) >= 11 is 2.17. The number of aryl methyl sites for hydroxylation is 1. The lowest BCUT2D eigenvalue weighted by molar-refractivity contribution is 0.187. The average Bonchev–Trinajstić information content (AvgIpc) is 2.09. The molecule has 1 aromatic carbocycles. The van der Waals surface area contributed by atoms with Crippen molar-refractivity contribution < 1.29 is 9.53 Å². The van der Waals surface area contributed by atoms with Gasteiger partial charge in [0.2, 0.25) is 0 Å². The van der Waals surface area contributed by atoms with Gasteiger partial charge in [0.25, 0.3) is 0 Å². The highest BCUT2D eigenvalue weighted by Gasteiger charge is 2.03. The van der Waals surface area contributed by atoms with E-state index in [-0.39, 0.29) is 0 Å². The fourth-order valence-corrected chi connectivity index (χ4v) is 1.69. The second-order valence-corrected chi connectivity index (χ2v) is 3.76. The van der Waals surface area contributed by atoms with Crippen molar-refractivity contribution in [2.75, 3.05) is 12.4 Å². The van der Waals surface area contributed by atoms with Gasteiger partial charge in [-0.2, -0.15) is 0 Å². The van der Waals surface area contributed by atoms with Gasteiger partial charge in [-0.1, -0.05) is 6.07 Å². The number of benzene rings is 1. The Morgan fingerprint density at radius 2 is 2.23 bits per heavy atom. The Morgan fingerprint density at radius 1 is 1.54 bits per heavy atom. The van der Waals surface area contributed by atoms with Crippen LogP contribution in [0.25, 0.3) is 0 Å². The molecule has 13 heavy (non-hydrogen) atoms. The van der Waals surface area contributed by atoms with Crippen LogP contribution in [0.4, 0.5) is 10.5 Å². The number of carbonyl (C=O) groups excluding carboxylic acids is 1. The van der Waals surface area contributed by atoms with Gasteiger partial charge in [0.05, 0.1) is 12.8 Å². The first-order chi connectivity index (χ1) is 6.13. The molecular formula is C9H10INO2. The first-order valence-corrected chi connectivity index (χ1v) is 4.82. The summed E-state index contributed by atoms with van der Waals surface area (Å²) < 4.78 is 5.49. The van der Waals surface area contributed by atoms with Crippen molar-refractivity contribution in [1.82, 2.24) is 0 Å². The number of rotatable bonds is 1. The highest BCUT2D eigenvalue weighted by atomic mass is 127. The fraction of sp³-hybridized carbons (Fsp3) is 0.222. The van der Waals surface area contributed by atoms with Gasteiger partial charge in [-0.15, -0.1) is 0 Å². The molecule has 0 aliphatic carbocycles. The molecule has 0 bridgehead atoms. The van der Waals surface area contributed by atoms with E-state index in [1.165, 1.54) is 12.7 Å². The molecule has 0 heterocycles. The maximum Gasteiger partial charge on any atom is 0.411 e. The lowest BCUT2D eigenvalue weighted by Crippen LogP contribution is -2.11. The second-order valence-electron chi connectivity index (χ2n) is 2.60. The van der Waals surface area contributed by atoms with Crippen LogP contribution in [0.3, 0.4) is 0 Å². The summed E-state index contributed by atoms with van der Waals surface area (Å²) in [7, 11) is 1.34. The Bertz CT molecular complexity index is 325. The van der Waals surface area contributed by atoms with Gasteiger partial charge < -0.3 is 4.74 Å². The lowest BCUT2D eigenvalue weighted by Gasteiger charge is -2.06. The average molecular weight is 291 g/mol. The van der Waals surface area contributed by atoms with E-state index < -0.39 is 6.09 Å². The van der Waals surface area contributed by atoms with Crippen LogP contribution in [0.1, 0.15) is 5.56 Å². The van der Waals surface area contributed by atoms with Gasteiger partial charge in [0.1, 0.15) is 0 Å². The lowest BCUT2D eigenvalue weighted by atomic mass is 10.2. The Labute approximate surface area is 90.6 Å². The summed E-state index contributed by atoms with van der Waals surface area (Å²) in [6.45, 7) is 2.00. The van der Waals surface area contributed by atoms with Crippen molar-refractivity contribution in [1.29, 1.82) is 0 Å². The van der Waals surface area contributed by atoms with Crippen molar-refractivity contribution in [3.05, 3.63) is 27.3 Å². The third-order valence-electron chi connectivity index (χ3n) is 1.55. The van der Waals surface area contributed by atoms with E-state index in [0.717, 1.165) is 9.26 Å². The number of anilines is 1. The summed E-state index contributed by atoms with van der Waals surface area (Å²) in [5.74, 6) is 0. The van der Waals surface area contributed by atoms with Crippen molar-refractivity contribution in [3.8, 4) is 0 Å². The molecule has 1 N–H and O–H groups in total. The van der Waals surface area contributed by atoms with Crippen LogP contribution < -0.4 is 5.32 Å². The molecule has 0 saturated carbocycles. The third kappa shape index (κ3) is 2.87. The van der Waals surface area contributed by atoms with E-state index in [2.05, 4.69) is 32.6 Å². The van der Waals surface area contributed by atoms with Crippen molar-refractivity contribution >= 4 is 34.4 Å². The Kier molecular flexibility index (Phi) is 3.53. The fourth-order valence-electron chi connectivity index (χ4n) is 0.883. The molecule has 0 spiro atoms. The predicted molar refractivity (Wildman–Crippen MR) is 59.9 cm³/mol. The van der Waals surface area contributed by atoms with Crippen LogP contribution in [-0.2, 0) is 4.74 Å². The molecule has 0 radical (unpaired) electrons. The molecule has 0 unspecified atom stereocenters. The third-order valence-corrected chi connectivity index (χ3v) is 2.44. The minimum atomic E-state index is -0.443. The normalized spacial score (nSPS) is 9.46. The van der Waals surface area contributed by atoms with E-state index in [4.69, 9.17) is 0 Å². The minimum absolute atomic E-state index is 0.443. The number of carbonyl (C=O) groups is 1. The highest BCUT2D eigenvalue weighted by molar-refractivity contribution is 14.1. The molecule has 1 aromatic rings. The smallest absolute Gasteiger partial charge is 0.411 e. The van der Waals surface area contributed by atoms with Gasteiger partial charge in [-0.25, -0.2) is 4.79 Å². The maximum absolute atomic E-state index is 10.9. The number of halogens is 1. The van der Waals surface area contributed by atoms with E-state index in [1.54, 1.807) is 0 Å². The molecule has 0 saturated heterocycles. The van der Waals surface area contributed by atoms with Gasteiger partial charge in [-0.05, 0) is 47.2 Å². The molecule has 3 nitrogen and oxygen atoms in total. The molecule has 0 aliphatic heterocycles. The zero-order chi connectivity index (χ0) is 9.84. The molecular weight excluding hydrogens is 281 g/mol. The Hall–Kier alpha value is -0.780. The van der Waals surface area contributed by atoms with Gasteiger partial charge in [-0.3, -0.25) is 5.32 Å². The number of hydrogen-bond acceptors (Lipinski definition) is 2. The van der Waals surface area contributed by atoms with E-state index in [9.17, 15) is 4.79 Å². The predicted octanol–water partition coefficient (Wildman–Crippen LogP) is 2.78. The number of ether oxygens (including phenoxy) is 1. The maximum atomic E-state index is 10.9. The zero-order valence-electron chi connectivity index (χ0n) is 7.43. The molecule has 70 valence electrons. The van der Waals surface area contributed by atoms with E-state index in [1.807, 2.05) is 25.1 Å². The highest BCUT2D eigenvalue weighted by Crippen LogP contribution is 2.19. The number of amides is 1. The molecule has 0 atom stereocenters. The summed E-state index contributed by atoms with van der Waals surface area (Å²) in [5, 5.41) is 2.62.